The van der Waals surface area contributed by atoms with Crippen LogP contribution in [-0.4, -0.2) is 19.1 Å². The zero-order valence-electron chi connectivity index (χ0n) is 10.7. The molecule has 0 amide bonds. The Morgan fingerprint density at radius 2 is 2.14 bits per heavy atom. The quantitative estimate of drug-likeness (QED) is 0.739. The van der Waals surface area contributed by atoms with Crippen molar-refractivity contribution in [1.29, 1.82) is 0 Å². The molecule has 2 aromatic heterocycles. The fourth-order valence-electron chi connectivity index (χ4n) is 2.61. The standard InChI is InChI=1S/C14H9ClN4O2/c15-9-3-1-2-8(6-9)10-4-5-18-13-11(16-7-19(10)13)12(20)17-14(18)21/h1-4,6-7H,5H2,(H,17,20,21). The molecular weight excluding hydrogens is 292 g/mol. The second-order valence-electron chi connectivity index (χ2n) is 4.76. The van der Waals surface area contributed by atoms with Crippen molar-refractivity contribution in [2.24, 2.45) is 0 Å². The molecule has 6 nitrogen and oxygen atoms in total. The summed E-state index contributed by atoms with van der Waals surface area (Å²) in [6, 6.07) is 7.40. The van der Waals surface area contributed by atoms with Crippen LogP contribution in [-0.2, 0) is 6.54 Å². The summed E-state index contributed by atoms with van der Waals surface area (Å²) in [6.07, 6.45) is 3.45. The zero-order chi connectivity index (χ0) is 14.6. The van der Waals surface area contributed by atoms with E-state index in [4.69, 9.17) is 11.6 Å². The number of rotatable bonds is 1. The first-order valence-electron chi connectivity index (χ1n) is 6.32. The number of allylic oxidation sites excluding steroid dienone is 1. The summed E-state index contributed by atoms with van der Waals surface area (Å²) in [4.78, 5) is 30.1. The fourth-order valence-corrected chi connectivity index (χ4v) is 2.80. The SMILES string of the molecule is O=c1[nH]c(=O)n2c3c1ncn3C(c1cccc(Cl)c1)=CC2. The highest BCUT2D eigenvalue weighted by Crippen LogP contribution is 2.26. The number of benzene rings is 1. The highest BCUT2D eigenvalue weighted by molar-refractivity contribution is 6.30. The molecule has 1 N–H and O–H groups in total. The summed E-state index contributed by atoms with van der Waals surface area (Å²) < 4.78 is 3.22. The lowest BCUT2D eigenvalue weighted by Crippen LogP contribution is -2.32. The van der Waals surface area contributed by atoms with Crippen LogP contribution in [0.5, 0.6) is 0 Å². The van der Waals surface area contributed by atoms with E-state index in [1.54, 1.807) is 17.0 Å². The van der Waals surface area contributed by atoms with E-state index in [1.807, 2.05) is 24.3 Å². The molecule has 3 heterocycles. The molecule has 0 fully saturated rings. The van der Waals surface area contributed by atoms with E-state index in [-0.39, 0.29) is 5.52 Å². The van der Waals surface area contributed by atoms with E-state index < -0.39 is 11.2 Å². The number of aromatic amines is 1. The van der Waals surface area contributed by atoms with Gasteiger partial charge < -0.3 is 0 Å². The molecule has 0 saturated carbocycles. The van der Waals surface area contributed by atoms with Crippen LogP contribution in [0.4, 0.5) is 0 Å². The molecule has 104 valence electrons. The minimum atomic E-state index is -0.475. The highest BCUT2D eigenvalue weighted by atomic mass is 35.5. The zero-order valence-corrected chi connectivity index (χ0v) is 11.5. The molecule has 1 aliphatic heterocycles. The lowest BCUT2D eigenvalue weighted by molar-refractivity contribution is 0.739. The molecule has 0 bridgehead atoms. The van der Waals surface area contributed by atoms with Crippen LogP contribution >= 0.6 is 11.6 Å². The van der Waals surface area contributed by atoms with Crippen molar-refractivity contribution in [3.8, 4) is 0 Å². The Labute approximate surface area is 122 Å². The number of nitrogens with zero attached hydrogens (tertiary/aromatic N) is 3. The molecule has 7 heteroatoms. The second-order valence-corrected chi connectivity index (χ2v) is 5.19. The largest absolute Gasteiger partial charge is 0.330 e. The molecule has 0 radical (unpaired) electrons. The maximum atomic E-state index is 11.9. The van der Waals surface area contributed by atoms with Crippen LogP contribution in [0.15, 0.2) is 46.3 Å². The molecule has 1 aliphatic rings. The minimum absolute atomic E-state index is 0.252. The normalized spacial score (nSPS) is 13.5. The van der Waals surface area contributed by atoms with Crippen molar-refractivity contribution in [2.45, 2.75) is 6.54 Å². The molecule has 4 rings (SSSR count). The highest BCUT2D eigenvalue weighted by Gasteiger charge is 2.19. The summed E-state index contributed by atoms with van der Waals surface area (Å²) in [7, 11) is 0. The van der Waals surface area contributed by atoms with Gasteiger partial charge in [-0.25, -0.2) is 9.78 Å². The Morgan fingerprint density at radius 1 is 1.29 bits per heavy atom. The molecule has 0 unspecified atom stereocenters. The number of aromatic nitrogens is 4. The fraction of sp³-hybridized carbons (Fsp3) is 0.0714. The predicted octanol–water partition coefficient (Wildman–Crippen LogP) is 1.44. The Morgan fingerprint density at radius 3 is 2.95 bits per heavy atom. The van der Waals surface area contributed by atoms with Gasteiger partial charge in [-0.2, -0.15) is 0 Å². The van der Waals surface area contributed by atoms with E-state index >= 15 is 0 Å². The van der Waals surface area contributed by atoms with Gasteiger partial charge in [0.25, 0.3) is 5.56 Å². The maximum Gasteiger partial charge on any atom is 0.330 e. The number of H-pyrrole nitrogens is 1. The molecule has 21 heavy (non-hydrogen) atoms. The second kappa shape index (κ2) is 4.20. The van der Waals surface area contributed by atoms with E-state index in [2.05, 4.69) is 9.97 Å². The monoisotopic (exact) mass is 300 g/mol. The van der Waals surface area contributed by atoms with Crippen LogP contribution in [0.2, 0.25) is 5.02 Å². The summed E-state index contributed by atoms with van der Waals surface area (Å²) in [6.45, 7) is 0.375. The van der Waals surface area contributed by atoms with E-state index in [0.717, 1.165) is 11.3 Å². The van der Waals surface area contributed by atoms with Gasteiger partial charge >= 0.3 is 5.69 Å². The van der Waals surface area contributed by atoms with Crippen molar-refractivity contribution in [3.05, 3.63) is 68.1 Å². The van der Waals surface area contributed by atoms with Crippen molar-refractivity contribution in [1.82, 2.24) is 19.1 Å². The summed E-state index contributed by atoms with van der Waals surface area (Å²) >= 11 is 6.03. The molecule has 0 spiro atoms. The van der Waals surface area contributed by atoms with Gasteiger partial charge in [0.1, 0.15) is 6.33 Å². The van der Waals surface area contributed by atoms with Crippen molar-refractivity contribution < 1.29 is 0 Å². The Balaban J connectivity index is 2.05. The number of halogens is 1. The van der Waals surface area contributed by atoms with Gasteiger partial charge in [-0.15, -0.1) is 0 Å². The minimum Gasteiger partial charge on any atom is -0.284 e. The Hall–Kier alpha value is -2.60. The van der Waals surface area contributed by atoms with Crippen LogP contribution in [0.1, 0.15) is 5.56 Å². The smallest absolute Gasteiger partial charge is 0.284 e. The number of nitrogens with one attached hydrogen (secondary N) is 1. The molecule has 0 aliphatic carbocycles. The van der Waals surface area contributed by atoms with Gasteiger partial charge in [-0.3, -0.25) is 18.9 Å². The van der Waals surface area contributed by atoms with Gasteiger partial charge in [-0.05, 0) is 23.8 Å². The first kappa shape index (κ1) is 12.2. The number of hydrogen-bond acceptors (Lipinski definition) is 3. The molecular formula is C14H9ClN4O2. The topological polar surface area (TPSA) is 72.7 Å². The molecule has 3 aromatic rings. The van der Waals surface area contributed by atoms with Gasteiger partial charge in [0.05, 0.1) is 5.70 Å². The maximum absolute atomic E-state index is 11.9. The third-order valence-corrected chi connectivity index (χ3v) is 3.76. The van der Waals surface area contributed by atoms with Crippen molar-refractivity contribution in [2.75, 3.05) is 0 Å². The first-order valence-corrected chi connectivity index (χ1v) is 6.69. The third kappa shape index (κ3) is 1.69. The summed E-state index contributed by atoms with van der Waals surface area (Å²) in [5.41, 5.74) is 1.60. The van der Waals surface area contributed by atoms with Crippen LogP contribution in [0, 0.1) is 0 Å². The average Bonchev–Trinajstić information content (AvgIpc) is 2.90. The van der Waals surface area contributed by atoms with Crippen LogP contribution in [0.3, 0.4) is 0 Å². The average molecular weight is 301 g/mol. The third-order valence-electron chi connectivity index (χ3n) is 3.53. The molecule has 1 aromatic carbocycles. The molecule has 0 atom stereocenters. The lowest BCUT2D eigenvalue weighted by atomic mass is 10.1. The summed E-state index contributed by atoms with van der Waals surface area (Å²) in [5, 5.41) is 0.624. The Bertz CT molecular complexity index is 1030. The van der Waals surface area contributed by atoms with E-state index in [9.17, 15) is 9.59 Å². The Kier molecular flexibility index (Phi) is 2.43. The van der Waals surface area contributed by atoms with E-state index in [0.29, 0.717) is 17.2 Å². The summed E-state index contributed by atoms with van der Waals surface area (Å²) in [5.74, 6) is 0. The number of hydrogen-bond donors (Lipinski definition) is 1. The lowest BCUT2D eigenvalue weighted by Gasteiger charge is -2.18. The first-order chi connectivity index (χ1) is 10.1. The van der Waals surface area contributed by atoms with Gasteiger partial charge in [0, 0.05) is 11.6 Å². The van der Waals surface area contributed by atoms with Crippen molar-refractivity contribution >= 4 is 28.5 Å². The van der Waals surface area contributed by atoms with Crippen molar-refractivity contribution in [3.63, 3.8) is 0 Å². The van der Waals surface area contributed by atoms with Gasteiger partial charge in [-0.1, -0.05) is 23.7 Å². The molecule has 0 saturated heterocycles. The van der Waals surface area contributed by atoms with Crippen LogP contribution < -0.4 is 11.2 Å². The van der Waals surface area contributed by atoms with E-state index in [1.165, 1.54) is 4.57 Å². The predicted molar refractivity (Wildman–Crippen MR) is 79.4 cm³/mol. The van der Waals surface area contributed by atoms with Crippen LogP contribution in [0.25, 0.3) is 16.9 Å². The van der Waals surface area contributed by atoms with Gasteiger partial charge in [0.2, 0.25) is 0 Å². The number of imidazole rings is 1. The van der Waals surface area contributed by atoms with Gasteiger partial charge in [0.15, 0.2) is 11.2 Å².